The van der Waals surface area contributed by atoms with Crippen molar-refractivity contribution in [3.8, 4) is 5.75 Å². The molecule has 21 heavy (non-hydrogen) atoms. The second kappa shape index (κ2) is 7.10. The van der Waals surface area contributed by atoms with Gasteiger partial charge in [0.2, 0.25) is 0 Å². The maximum absolute atomic E-state index is 12.0. The number of hydrogen-bond donors (Lipinski definition) is 2. The predicted octanol–water partition coefficient (Wildman–Crippen LogP) is 2.20. The van der Waals surface area contributed by atoms with Crippen LogP contribution in [0.4, 0.5) is 0 Å². The predicted molar refractivity (Wildman–Crippen MR) is 81.6 cm³/mol. The number of carbonyl (C=O) groups is 2. The second-order valence-electron chi connectivity index (χ2n) is 4.17. The fourth-order valence-corrected chi connectivity index (χ4v) is 2.63. The summed E-state index contributed by atoms with van der Waals surface area (Å²) in [6.45, 7) is 0.182. The van der Waals surface area contributed by atoms with Gasteiger partial charge in [-0.1, -0.05) is 17.7 Å². The number of nitrogens with two attached hydrogens (primary N) is 1. The summed E-state index contributed by atoms with van der Waals surface area (Å²) in [6, 6.07) is 10.2. The van der Waals surface area contributed by atoms with Crippen molar-refractivity contribution in [3.05, 3.63) is 51.2 Å². The van der Waals surface area contributed by atoms with Crippen LogP contribution in [0.5, 0.6) is 5.75 Å². The average Bonchev–Trinajstić information content (AvgIpc) is 2.88. The highest BCUT2D eigenvalue weighted by atomic mass is 35.5. The van der Waals surface area contributed by atoms with Crippen molar-refractivity contribution in [1.82, 2.24) is 5.32 Å². The number of halogens is 1. The monoisotopic (exact) mass is 324 g/mol. The number of benzene rings is 1. The third kappa shape index (κ3) is 4.77. The summed E-state index contributed by atoms with van der Waals surface area (Å²) in [4.78, 5) is 23.7. The first-order chi connectivity index (χ1) is 10.0. The largest absolute Gasteiger partial charge is 0.484 e. The number of carbonyl (C=O) groups excluding carboxylic acids is 2. The van der Waals surface area contributed by atoms with E-state index in [1.807, 2.05) is 6.07 Å². The molecule has 5 nitrogen and oxygen atoms in total. The number of amides is 2. The summed E-state index contributed by atoms with van der Waals surface area (Å²) in [5, 5.41) is 2.79. The van der Waals surface area contributed by atoms with E-state index in [9.17, 15) is 9.59 Å². The van der Waals surface area contributed by atoms with Gasteiger partial charge in [0.25, 0.3) is 11.8 Å². The Kier molecular flexibility index (Phi) is 5.19. The van der Waals surface area contributed by atoms with E-state index in [2.05, 4.69) is 5.32 Å². The third-order valence-corrected chi connectivity index (χ3v) is 3.76. The minimum Gasteiger partial charge on any atom is -0.484 e. The van der Waals surface area contributed by atoms with Crippen LogP contribution in [-0.4, -0.2) is 18.4 Å². The van der Waals surface area contributed by atoms with Gasteiger partial charge in [-0.25, -0.2) is 0 Å². The summed E-state index contributed by atoms with van der Waals surface area (Å²) in [7, 11) is 0. The Bertz CT molecular complexity index is 657. The zero-order valence-corrected chi connectivity index (χ0v) is 12.5. The molecule has 0 aliphatic rings. The van der Waals surface area contributed by atoms with Gasteiger partial charge in [-0.15, -0.1) is 11.3 Å². The Morgan fingerprint density at radius 2 is 2.10 bits per heavy atom. The minimum atomic E-state index is -0.570. The molecule has 110 valence electrons. The Balaban J connectivity index is 1.95. The number of ether oxygens (including phenoxy) is 1. The van der Waals surface area contributed by atoms with Gasteiger partial charge in [0, 0.05) is 10.4 Å². The van der Waals surface area contributed by atoms with Gasteiger partial charge in [0.05, 0.1) is 10.9 Å². The molecule has 0 fully saturated rings. The van der Waals surface area contributed by atoms with Crippen LogP contribution in [0.2, 0.25) is 4.34 Å². The fourth-order valence-electron chi connectivity index (χ4n) is 1.60. The Hall–Kier alpha value is -2.05. The quantitative estimate of drug-likeness (QED) is 0.854. The number of rotatable bonds is 6. The summed E-state index contributed by atoms with van der Waals surface area (Å²) in [5.41, 5.74) is 5.44. The standard InChI is InChI=1S/C14H13ClN2O3S/c15-12-5-4-11(21-12)7-17-14(19)9-2-1-3-10(6-9)20-8-13(16)18/h1-6H,7-8H2,(H2,16,18)(H,17,19). The zero-order chi connectivity index (χ0) is 15.2. The van der Waals surface area contributed by atoms with Crippen molar-refractivity contribution in [2.24, 2.45) is 5.73 Å². The molecule has 0 bridgehead atoms. The highest BCUT2D eigenvalue weighted by molar-refractivity contribution is 7.16. The molecule has 3 N–H and O–H groups in total. The van der Waals surface area contributed by atoms with Crippen molar-refractivity contribution >= 4 is 34.8 Å². The van der Waals surface area contributed by atoms with Crippen LogP contribution in [0, 0.1) is 0 Å². The lowest BCUT2D eigenvalue weighted by Crippen LogP contribution is -2.23. The molecule has 0 unspecified atom stereocenters. The molecule has 0 saturated carbocycles. The van der Waals surface area contributed by atoms with Crippen LogP contribution >= 0.6 is 22.9 Å². The van der Waals surface area contributed by atoms with Gasteiger partial charge in [-0.05, 0) is 30.3 Å². The minimum absolute atomic E-state index is 0.223. The lowest BCUT2D eigenvalue weighted by Gasteiger charge is -2.07. The van der Waals surface area contributed by atoms with E-state index in [0.29, 0.717) is 22.2 Å². The van der Waals surface area contributed by atoms with Gasteiger partial charge < -0.3 is 15.8 Å². The Labute approximate surface area is 130 Å². The smallest absolute Gasteiger partial charge is 0.255 e. The van der Waals surface area contributed by atoms with Crippen LogP contribution in [0.3, 0.4) is 0 Å². The Morgan fingerprint density at radius 3 is 2.76 bits per heavy atom. The summed E-state index contributed by atoms with van der Waals surface area (Å²) >= 11 is 7.24. The molecule has 0 aliphatic heterocycles. The van der Waals surface area contributed by atoms with Crippen LogP contribution in [0.15, 0.2) is 36.4 Å². The van der Waals surface area contributed by atoms with E-state index in [1.165, 1.54) is 11.3 Å². The van der Waals surface area contributed by atoms with Crippen molar-refractivity contribution in [2.75, 3.05) is 6.61 Å². The molecule has 1 heterocycles. The highest BCUT2D eigenvalue weighted by Gasteiger charge is 2.08. The van der Waals surface area contributed by atoms with Gasteiger partial charge in [-0.3, -0.25) is 9.59 Å². The molecular weight excluding hydrogens is 312 g/mol. The Morgan fingerprint density at radius 1 is 1.29 bits per heavy atom. The fraction of sp³-hybridized carbons (Fsp3) is 0.143. The number of primary amides is 1. The molecule has 2 amide bonds. The lowest BCUT2D eigenvalue weighted by molar-refractivity contribution is -0.119. The van der Waals surface area contributed by atoms with Crippen molar-refractivity contribution in [2.45, 2.75) is 6.54 Å². The molecule has 0 saturated heterocycles. The van der Waals surface area contributed by atoms with Crippen molar-refractivity contribution in [3.63, 3.8) is 0 Å². The van der Waals surface area contributed by atoms with Crippen LogP contribution in [0.25, 0.3) is 0 Å². The first-order valence-corrected chi connectivity index (χ1v) is 7.27. The van der Waals surface area contributed by atoms with Crippen LogP contribution < -0.4 is 15.8 Å². The van der Waals surface area contributed by atoms with Gasteiger partial charge in [0.15, 0.2) is 6.61 Å². The molecule has 0 spiro atoms. The average molecular weight is 325 g/mol. The normalized spacial score (nSPS) is 10.1. The zero-order valence-electron chi connectivity index (χ0n) is 11.0. The summed E-state index contributed by atoms with van der Waals surface area (Å²) in [5.74, 6) is -0.385. The molecule has 2 aromatic rings. The molecule has 1 aromatic heterocycles. The first-order valence-electron chi connectivity index (χ1n) is 6.08. The molecule has 0 aliphatic carbocycles. The molecule has 0 radical (unpaired) electrons. The van der Waals surface area contributed by atoms with Crippen LogP contribution in [0.1, 0.15) is 15.2 Å². The molecule has 0 atom stereocenters. The van der Waals surface area contributed by atoms with E-state index >= 15 is 0 Å². The summed E-state index contributed by atoms with van der Waals surface area (Å²) < 4.78 is 5.84. The van der Waals surface area contributed by atoms with E-state index < -0.39 is 5.91 Å². The number of thiophene rings is 1. The topological polar surface area (TPSA) is 81.4 Å². The molecule has 1 aromatic carbocycles. The summed E-state index contributed by atoms with van der Waals surface area (Å²) in [6.07, 6.45) is 0. The van der Waals surface area contributed by atoms with E-state index in [4.69, 9.17) is 22.1 Å². The first kappa shape index (κ1) is 15.3. The third-order valence-electron chi connectivity index (χ3n) is 2.53. The van der Waals surface area contributed by atoms with Crippen molar-refractivity contribution in [1.29, 1.82) is 0 Å². The van der Waals surface area contributed by atoms with Gasteiger partial charge in [0.1, 0.15) is 5.75 Å². The van der Waals surface area contributed by atoms with Gasteiger partial charge in [-0.2, -0.15) is 0 Å². The van der Waals surface area contributed by atoms with Gasteiger partial charge >= 0.3 is 0 Å². The molecule has 7 heteroatoms. The number of nitrogens with one attached hydrogen (secondary N) is 1. The molecule has 2 rings (SSSR count). The van der Waals surface area contributed by atoms with E-state index in [0.717, 1.165) is 4.88 Å². The maximum Gasteiger partial charge on any atom is 0.255 e. The SMILES string of the molecule is NC(=O)COc1cccc(C(=O)NCc2ccc(Cl)s2)c1. The highest BCUT2D eigenvalue weighted by Crippen LogP contribution is 2.21. The van der Waals surface area contributed by atoms with E-state index in [1.54, 1.807) is 30.3 Å². The van der Waals surface area contributed by atoms with E-state index in [-0.39, 0.29) is 12.5 Å². The number of hydrogen-bond acceptors (Lipinski definition) is 4. The molecular formula is C14H13ClN2O3S. The lowest BCUT2D eigenvalue weighted by atomic mass is 10.2. The second-order valence-corrected chi connectivity index (χ2v) is 5.97. The van der Waals surface area contributed by atoms with Crippen molar-refractivity contribution < 1.29 is 14.3 Å². The maximum atomic E-state index is 12.0. The van der Waals surface area contributed by atoms with Crippen LogP contribution in [-0.2, 0) is 11.3 Å².